The van der Waals surface area contributed by atoms with Crippen LogP contribution < -0.4 is 4.74 Å². The van der Waals surface area contributed by atoms with Gasteiger partial charge in [0.2, 0.25) is 0 Å². The molecule has 0 aliphatic carbocycles. The predicted octanol–water partition coefficient (Wildman–Crippen LogP) is 3.68. The van der Waals surface area contributed by atoms with Crippen molar-refractivity contribution in [1.29, 1.82) is 0 Å². The van der Waals surface area contributed by atoms with Crippen molar-refractivity contribution in [1.82, 2.24) is 0 Å². The lowest BCUT2D eigenvalue weighted by Crippen LogP contribution is -2.32. The van der Waals surface area contributed by atoms with Crippen LogP contribution in [0.4, 0.5) is 8.78 Å². The van der Waals surface area contributed by atoms with Crippen LogP contribution in [0, 0.1) is 0 Å². The second kappa shape index (κ2) is 8.57. The first-order valence-corrected chi connectivity index (χ1v) is 8.35. The SMILES string of the molecule is COC(=O)CC(SC(C)=O)C(F)(F)c1cc(Br)ccc1OC(C)=O. The number of alkyl halides is 2. The average Bonchev–Trinajstić information content (AvgIpc) is 2.47. The van der Waals surface area contributed by atoms with E-state index in [9.17, 15) is 23.2 Å². The van der Waals surface area contributed by atoms with Crippen molar-refractivity contribution < 1.29 is 32.6 Å². The molecule has 0 heterocycles. The van der Waals surface area contributed by atoms with Gasteiger partial charge in [-0.05, 0) is 18.2 Å². The summed E-state index contributed by atoms with van der Waals surface area (Å²) in [6, 6.07) is 3.73. The van der Waals surface area contributed by atoms with Crippen molar-refractivity contribution in [2.45, 2.75) is 31.4 Å². The van der Waals surface area contributed by atoms with Gasteiger partial charge in [-0.15, -0.1) is 0 Å². The van der Waals surface area contributed by atoms with Crippen molar-refractivity contribution in [2.75, 3.05) is 7.11 Å². The third kappa shape index (κ3) is 5.55. The molecule has 1 aromatic carbocycles. The summed E-state index contributed by atoms with van der Waals surface area (Å²) in [5, 5.41) is -2.28. The zero-order valence-electron chi connectivity index (χ0n) is 13.1. The quantitative estimate of drug-likeness (QED) is 0.512. The molecular weight excluding hydrogens is 410 g/mol. The van der Waals surface area contributed by atoms with E-state index >= 15 is 0 Å². The van der Waals surface area contributed by atoms with Crippen LogP contribution in [0.1, 0.15) is 25.8 Å². The number of halogens is 3. The number of carbonyl (C=O) groups is 3. The first kappa shape index (κ1) is 20.6. The molecule has 1 unspecified atom stereocenters. The zero-order valence-corrected chi connectivity index (χ0v) is 15.5. The topological polar surface area (TPSA) is 69.7 Å². The van der Waals surface area contributed by atoms with Crippen LogP contribution in [0.15, 0.2) is 22.7 Å². The van der Waals surface area contributed by atoms with E-state index in [1.807, 2.05) is 0 Å². The molecule has 0 saturated heterocycles. The molecule has 24 heavy (non-hydrogen) atoms. The molecule has 0 bridgehead atoms. The third-order valence-electron chi connectivity index (χ3n) is 2.85. The number of hydrogen-bond acceptors (Lipinski definition) is 6. The fourth-order valence-corrected chi connectivity index (χ4v) is 3.12. The molecule has 1 rings (SSSR count). The summed E-state index contributed by atoms with van der Waals surface area (Å²) in [5.74, 6) is -5.61. The van der Waals surface area contributed by atoms with Gasteiger partial charge in [0.1, 0.15) is 5.75 Å². The molecule has 0 spiro atoms. The molecular formula is C15H15BrF2O5S. The van der Waals surface area contributed by atoms with Gasteiger partial charge >= 0.3 is 11.9 Å². The van der Waals surface area contributed by atoms with Crippen LogP contribution in [-0.4, -0.2) is 29.4 Å². The maximum atomic E-state index is 15.0. The maximum Gasteiger partial charge on any atom is 0.308 e. The Balaban J connectivity index is 3.35. The Labute approximate surface area is 150 Å². The number of rotatable bonds is 6. The van der Waals surface area contributed by atoms with Gasteiger partial charge < -0.3 is 9.47 Å². The Morgan fingerprint density at radius 1 is 1.29 bits per heavy atom. The van der Waals surface area contributed by atoms with E-state index in [2.05, 4.69) is 20.7 Å². The molecule has 0 radical (unpaired) electrons. The summed E-state index contributed by atoms with van der Waals surface area (Å²) < 4.78 is 39.5. The largest absolute Gasteiger partial charge is 0.469 e. The van der Waals surface area contributed by atoms with Gasteiger partial charge in [0, 0.05) is 18.3 Å². The van der Waals surface area contributed by atoms with Gasteiger partial charge in [-0.1, -0.05) is 27.7 Å². The highest BCUT2D eigenvalue weighted by Gasteiger charge is 2.46. The van der Waals surface area contributed by atoms with Gasteiger partial charge in [-0.25, -0.2) is 0 Å². The Bertz CT molecular complexity index is 651. The van der Waals surface area contributed by atoms with E-state index in [0.29, 0.717) is 16.2 Å². The van der Waals surface area contributed by atoms with Crippen molar-refractivity contribution in [3.63, 3.8) is 0 Å². The highest BCUT2D eigenvalue weighted by molar-refractivity contribution is 9.10. The predicted molar refractivity (Wildman–Crippen MR) is 88.0 cm³/mol. The van der Waals surface area contributed by atoms with Crippen LogP contribution >= 0.6 is 27.7 Å². The first-order chi connectivity index (χ1) is 11.1. The number of benzene rings is 1. The Morgan fingerprint density at radius 2 is 1.92 bits per heavy atom. The summed E-state index contributed by atoms with van der Waals surface area (Å²) in [5.41, 5.74) is -0.602. The Kier molecular flexibility index (Phi) is 7.34. The molecule has 0 aliphatic rings. The molecule has 0 aromatic heterocycles. The van der Waals surface area contributed by atoms with Crippen LogP contribution in [0.5, 0.6) is 5.75 Å². The number of hydrogen-bond donors (Lipinski definition) is 0. The van der Waals surface area contributed by atoms with E-state index in [4.69, 9.17) is 4.74 Å². The lowest BCUT2D eigenvalue weighted by atomic mass is 10.0. The van der Waals surface area contributed by atoms with E-state index < -0.39 is 40.2 Å². The van der Waals surface area contributed by atoms with Crippen molar-refractivity contribution in [3.05, 3.63) is 28.2 Å². The zero-order chi connectivity index (χ0) is 18.5. The van der Waals surface area contributed by atoms with Gasteiger partial charge in [-0.2, -0.15) is 8.78 Å². The number of carbonyl (C=O) groups excluding carboxylic acids is 3. The van der Waals surface area contributed by atoms with E-state index in [1.165, 1.54) is 12.1 Å². The Hall–Kier alpha value is -1.48. The summed E-state index contributed by atoms with van der Waals surface area (Å²) in [4.78, 5) is 33.9. The third-order valence-corrected chi connectivity index (χ3v) is 4.42. The summed E-state index contributed by atoms with van der Waals surface area (Å²) in [7, 11) is 1.07. The van der Waals surface area contributed by atoms with Gasteiger partial charge in [0.25, 0.3) is 5.92 Å². The smallest absolute Gasteiger partial charge is 0.308 e. The number of esters is 2. The summed E-state index contributed by atoms with van der Waals surface area (Å²) in [6.45, 7) is 2.21. The van der Waals surface area contributed by atoms with Crippen LogP contribution in [0.2, 0.25) is 0 Å². The minimum absolute atomic E-state index is 0.331. The normalized spacial score (nSPS) is 12.4. The lowest BCUT2D eigenvalue weighted by Gasteiger charge is -2.26. The minimum atomic E-state index is -3.63. The average molecular weight is 425 g/mol. The second-order valence-electron chi connectivity index (χ2n) is 4.74. The summed E-state index contributed by atoms with van der Waals surface area (Å²) >= 11 is 3.41. The first-order valence-electron chi connectivity index (χ1n) is 6.68. The van der Waals surface area contributed by atoms with Crippen LogP contribution in [-0.2, 0) is 25.0 Å². The number of ether oxygens (including phenoxy) is 2. The fraction of sp³-hybridized carbons (Fsp3) is 0.400. The van der Waals surface area contributed by atoms with E-state index in [0.717, 1.165) is 27.0 Å². The van der Waals surface area contributed by atoms with Gasteiger partial charge in [0.05, 0.1) is 24.3 Å². The lowest BCUT2D eigenvalue weighted by molar-refractivity contribution is -0.142. The Morgan fingerprint density at radius 3 is 2.42 bits per heavy atom. The molecule has 0 saturated carbocycles. The summed E-state index contributed by atoms with van der Waals surface area (Å²) in [6.07, 6.45) is -0.681. The molecule has 0 fully saturated rings. The van der Waals surface area contributed by atoms with E-state index in [1.54, 1.807) is 0 Å². The van der Waals surface area contributed by atoms with Gasteiger partial charge in [0.15, 0.2) is 5.12 Å². The highest BCUT2D eigenvalue weighted by Crippen LogP contribution is 2.45. The monoisotopic (exact) mass is 424 g/mol. The molecule has 9 heteroatoms. The van der Waals surface area contributed by atoms with Crippen molar-refractivity contribution in [3.8, 4) is 5.75 Å². The second-order valence-corrected chi connectivity index (χ2v) is 7.03. The standard InChI is InChI=1S/C15H15BrF2O5S/c1-8(19)23-12-5-4-10(16)6-11(12)15(17,18)13(24-9(2)20)7-14(21)22-3/h4-6,13H,7H2,1-3H3. The van der Waals surface area contributed by atoms with Crippen LogP contribution in [0.25, 0.3) is 0 Å². The molecule has 0 aliphatic heterocycles. The minimum Gasteiger partial charge on any atom is -0.469 e. The van der Waals surface area contributed by atoms with Crippen LogP contribution in [0.3, 0.4) is 0 Å². The molecule has 0 N–H and O–H groups in total. The number of methoxy groups -OCH3 is 1. The molecule has 0 amide bonds. The molecule has 132 valence electrons. The van der Waals surface area contributed by atoms with Crippen molar-refractivity contribution in [2.24, 2.45) is 0 Å². The number of thioether (sulfide) groups is 1. The van der Waals surface area contributed by atoms with Crippen molar-refractivity contribution >= 4 is 44.7 Å². The maximum absolute atomic E-state index is 15.0. The highest BCUT2D eigenvalue weighted by atomic mass is 79.9. The molecule has 1 aromatic rings. The van der Waals surface area contributed by atoms with E-state index in [-0.39, 0.29) is 5.75 Å². The fourth-order valence-electron chi connectivity index (χ4n) is 1.86. The van der Waals surface area contributed by atoms with Gasteiger partial charge in [-0.3, -0.25) is 14.4 Å². The molecule has 1 atom stereocenters. The molecule has 5 nitrogen and oxygen atoms in total.